The van der Waals surface area contributed by atoms with Crippen molar-refractivity contribution in [2.24, 2.45) is 0 Å². The van der Waals surface area contributed by atoms with Gasteiger partial charge in [-0.25, -0.2) is 24.6 Å². The summed E-state index contributed by atoms with van der Waals surface area (Å²) in [6.07, 6.45) is 1.62. The van der Waals surface area contributed by atoms with Gasteiger partial charge in [0.2, 0.25) is 0 Å². The van der Waals surface area contributed by atoms with Crippen LogP contribution in [0.15, 0.2) is 42.7 Å². The number of halogens is 1. The fourth-order valence-electron chi connectivity index (χ4n) is 3.34. The lowest BCUT2D eigenvalue weighted by Crippen LogP contribution is -2.44. The van der Waals surface area contributed by atoms with E-state index >= 15 is 0 Å². The van der Waals surface area contributed by atoms with Crippen LogP contribution in [-0.4, -0.2) is 47.6 Å². The second-order valence-electron chi connectivity index (χ2n) is 9.23. The van der Waals surface area contributed by atoms with Crippen molar-refractivity contribution in [1.29, 1.82) is 0 Å². The van der Waals surface area contributed by atoms with Gasteiger partial charge < -0.3 is 25.4 Å². The second kappa shape index (κ2) is 12.1. The highest BCUT2D eigenvalue weighted by Gasteiger charge is 2.21. The summed E-state index contributed by atoms with van der Waals surface area (Å²) in [5.74, 6) is -0.703. The minimum absolute atomic E-state index is 0.0958. The first kappa shape index (κ1) is 28.6. The quantitative estimate of drug-likeness (QED) is 0.281. The Morgan fingerprint density at radius 2 is 1.59 bits per heavy atom. The van der Waals surface area contributed by atoms with E-state index in [0.29, 0.717) is 28.6 Å². The highest BCUT2D eigenvalue weighted by Crippen LogP contribution is 2.33. The monoisotopic (exact) mass is 539 g/mol. The molecule has 0 aliphatic rings. The van der Waals surface area contributed by atoms with Gasteiger partial charge in [-0.15, -0.1) is 0 Å². The standard InChI is InChI=1S/C26H30FN7O5/c1-14-10-20(30-13-17(14)27)32-21-11-19(16(12-29-21)23(35)28-5)31-18-9-7-8-15(22(18)38-6)24(36)33-34-25(37)39-26(2,3)4/h7-13H,1-6H3,(H,28,35)(H,33,36)(H,34,37)(H2,29,30,31,32). The lowest BCUT2D eigenvalue weighted by atomic mass is 10.1. The minimum atomic E-state index is -0.832. The highest BCUT2D eigenvalue weighted by molar-refractivity contribution is 6.02. The Morgan fingerprint density at radius 1 is 0.897 bits per heavy atom. The topological polar surface area (TPSA) is 156 Å². The van der Waals surface area contributed by atoms with Gasteiger partial charge in [-0.1, -0.05) is 6.07 Å². The predicted molar refractivity (Wildman–Crippen MR) is 143 cm³/mol. The van der Waals surface area contributed by atoms with Crippen molar-refractivity contribution >= 4 is 40.9 Å². The summed E-state index contributed by atoms with van der Waals surface area (Å²) in [5, 5.41) is 8.63. The number of carbonyl (C=O) groups is 3. The van der Waals surface area contributed by atoms with Gasteiger partial charge in [-0.3, -0.25) is 15.0 Å². The molecule has 5 N–H and O–H groups in total. The number of aromatic nitrogens is 2. The van der Waals surface area contributed by atoms with E-state index in [1.54, 1.807) is 45.9 Å². The molecule has 3 rings (SSSR count). The van der Waals surface area contributed by atoms with Crippen molar-refractivity contribution in [3.05, 3.63) is 65.2 Å². The second-order valence-corrected chi connectivity index (χ2v) is 9.23. The molecule has 12 nitrogen and oxygen atoms in total. The SMILES string of the molecule is CNC(=O)c1cnc(Nc2cc(C)c(F)cn2)cc1Nc1cccc(C(=O)NNC(=O)OC(C)(C)C)c1OC. The molecule has 1 aromatic carbocycles. The molecular weight excluding hydrogens is 509 g/mol. The summed E-state index contributed by atoms with van der Waals surface area (Å²) in [4.78, 5) is 45.5. The molecule has 0 radical (unpaired) electrons. The van der Waals surface area contributed by atoms with Crippen LogP contribution in [0.25, 0.3) is 0 Å². The normalized spacial score (nSPS) is 10.7. The molecule has 0 saturated heterocycles. The number of hydrogen-bond donors (Lipinski definition) is 5. The number of pyridine rings is 2. The molecule has 206 valence electrons. The van der Waals surface area contributed by atoms with Gasteiger partial charge in [0.25, 0.3) is 11.8 Å². The van der Waals surface area contributed by atoms with Gasteiger partial charge in [0.1, 0.15) is 23.1 Å². The molecule has 0 aliphatic heterocycles. The molecule has 39 heavy (non-hydrogen) atoms. The van der Waals surface area contributed by atoms with Crippen LogP contribution < -0.4 is 31.5 Å². The van der Waals surface area contributed by atoms with Gasteiger partial charge >= 0.3 is 6.09 Å². The highest BCUT2D eigenvalue weighted by atomic mass is 19.1. The third-order valence-electron chi connectivity index (χ3n) is 5.09. The number of hydrogen-bond acceptors (Lipinski definition) is 9. The van der Waals surface area contributed by atoms with E-state index in [1.807, 2.05) is 0 Å². The first-order valence-corrected chi connectivity index (χ1v) is 11.8. The van der Waals surface area contributed by atoms with E-state index in [4.69, 9.17) is 9.47 Å². The van der Waals surface area contributed by atoms with Crippen LogP contribution in [0.4, 0.5) is 32.2 Å². The average molecular weight is 540 g/mol. The summed E-state index contributed by atoms with van der Waals surface area (Å²) in [5.41, 5.74) is 5.10. The summed E-state index contributed by atoms with van der Waals surface area (Å²) >= 11 is 0. The molecule has 3 amide bonds. The van der Waals surface area contributed by atoms with Crippen LogP contribution >= 0.6 is 0 Å². The Kier molecular flexibility index (Phi) is 8.86. The number of benzene rings is 1. The predicted octanol–water partition coefficient (Wildman–Crippen LogP) is 3.95. The fraction of sp³-hybridized carbons (Fsp3) is 0.269. The van der Waals surface area contributed by atoms with Crippen LogP contribution in [-0.2, 0) is 4.74 Å². The van der Waals surface area contributed by atoms with Crippen LogP contribution in [0, 0.1) is 12.7 Å². The number of amides is 3. The first-order valence-electron chi connectivity index (χ1n) is 11.8. The van der Waals surface area contributed by atoms with Gasteiger partial charge in [-0.05, 0) is 51.5 Å². The first-order chi connectivity index (χ1) is 18.4. The summed E-state index contributed by atoms with van der Waals surface area (Å²) in [6, 6.07) is 7.81. The minimum Gasteiger partial charge on any atom is -0.494 e. The van der Waals surface area contributed by atoms with Crippen molar-refractivity contribution in [3.8, 4) is 5.75 Å². The lowest BCUT2D eigenvalue weighted by molar-refractivity contribution is 0.0483. The number of anilines is 4. The van der Waals surface area contributed by atoms with Crippen LogP contribution in [0.2, 0.25) is 0 Å². The molecule has 0 saturated carbocycles. The number of carbonyl (C=O) groups excluding carboxylic acids is 3. The van der Waals surface area contributed by atoms with Crippen molar-refractivity contribution in [3.63, 3.8) is 0 Å². The maximum Gasteiger partial charge on any atom is 0.426 e. The zero-order chi connectivity index (χ0) is 28.7. The Hall–Kier alpha value is -4.94. The maximum atomic E-state index is 13.6. The molecule has 0 fully saturated rings. The van der Waals surface area contributed by atoms with Gasteiger partial charge in [0, 0.05) is 19.3 Å². The molecule has 0 spiro atoms. The van der Waals surface area contributed by atoms with E-state index in [1.165, 1.54) is 32.5 Å². The van der Waals surface area contributed by atoms with E-state index < -0.39 is 29.3 Å². The van der Waals surface area contributed by atoms with Crippen LogP contribution in [0.3, 0.4) is 0 Å². The molecular formula is C26H30FN7O5. The van der Waals surface area contributed by atoms with E-state index in [2.05, 4.69) is 36.8 Å². The van der Waals surface area contributed by atoms with E-state index in [9.17, 15) is 18.8 Å². The molecule has 0 aliphatic carbocycles. The van der Waals surface area contributed by atoms with Crippen molar-refractivity contribution < 1.29 is 28.2 Å². The Bertz CT molecular complexity index is 1390. The largest absolute Gasteiger partial charge is 0.494 e. The summed E-state index contributed by atoms with van der Waals surface area (Å²) < 4.78 is 24.2. The third kappa shape index (κ3) is 7.53. The summed E-state index contributed by atoms with van der Waals surface area (Å²) in [6.45, 7) is 6.68. The van der Waals surface area contributed by atoms with E-state index in [0.717, 1.165) is 6.20 Å². The van der Waals surface area contributed by atoms with Crippen LogP contribution in [0.5, 0.6) is 5.75 Å². The zero-order valence-electron chi connectivity index (χ0n) is 22.4. The number of nitrogens with zero attached hydrogens (tertiary/aromatic N) is 2. The number of aryl methyl sites for hydroxylation is 1. The molecule has 0 bridgehead atoms. The molecule has 3 aromatic rings. The molecule has 0 atom stereocenters. The molecule has 2 aromatic heterocycles. The molecule has 13 heteroatoms. The number of hydrazine groups is 1. The number of rotatable bonds is 7. The number of methoxy groups -OCH3 is 1. The third-order valence-corrected chi connectivity index (χ3v) is 5.09. The number of para-hydroxylation sites is 1. The van der Waals surface area contributed by atoms with Crippen molar-refractivity contribution in [2.75, 3.05) is 24.8 Å². The van der Waals surface area contributed by atoms with Crippen molar-refractivity contribution in [2.45, 2.75) is 33.3 Å². The Morgan fingerprint density at radius 3 is 2.23 bits per heavy atom. The van der Waals surface area contributed by atoms with Crippen LogP contribution in [0.1, 0.15) is 47.1 Å². The number of ether oxygens (including phenoxy) is 2. The van der Waals surface area contributed by atoms with Gasteiger partial charge in [0.15, 0.2) is 5.75 Å². The Balaban J connectivity index is 1.90. The fourth-order valence-corrected chi connectivity index (χ4v) is 3.34. The summed E-state index contributed by atoms with van der Waals surface area (Å²) in [7, 11) is 2.85. The van der Waals surface area contributed by atoms with Crippen molar-refractivity contribution in [1.82, 2.24) is 26.1 Å². The lowest BCUT2D eigenvalue weighted by Gasteiger charge is -2.20. The smallest absolute Gasteiger partial charge is 0.426 e. The number of nitrogens with one attached hydrogen (secondary N) is 5. The average Bonchev–Trinajstić information content (AvgIpc) is 2.88. The Labute approximate surface area is 224 Å². The zero-order valence-corrected chi connectivity index (χ0v) is 22.4. The van der Waals surface area contributed by atoms with Gasteiger partial charge in [-0.2, -0.15) is 0 Å². The maximum absolute atomic E-state index is 13.6. The van der Waals surface area contributed by atoms with E-state index in [-0.39, 0.29) is 16.9 Å². The molecule has 0 unspecified atom stereocenters. The molecule has 2 heterocycles. The van der Waals surface area contributed by atoms with Gasteiger partial charge in [0.05, 0.1) is 35.8 Å².